The van der Waals surface area contributed by atoms with E-state index in [1.54, 1.807) is 36.4 Å². The topological polar surface area (TPSA) is 52.9 Å². The predicted molar refractivity (Wildman–Crippen MR) is 98.0 cm³/mol. The van der Waals surface area contributed by atoms with Crippen LogP contribution in [-0.2, 0) is 5.72 Å². The quantitative estimate of drug-likeness (QED) is 0.811. The number of hydrazone groups is 1. The first-order valence-corrected chi connectivity index (χ1v) is 8.76. The summed E-state index contributed by atoms with van der Waals surface area (Å²) in [6.45, 7) is 1.95. The van der Waals surface area contributed by atoms with Crippen LogP contribution in [0.15, 0.2) is 58.1 Å². The number of halogens is 2. The molecule has 6 heteroatoms. The van der Waals surface area contributed by atoms with E-state index in [1.165, 1.54) is 0 Å². The molecule has 0 spiro atoms. The van der Waals surface area contributed by atoms with Crippen molar-refractivity contribution in [3.8, 4) is 0 Å². The molecule has 0 unspecified atom stereocenters. The van der Waals surface area contributed by atoms with Crippen molar-refractivity contribution in [3.63, 3.8) is 0 Å². The molecule has 4 nitrogen and oxygen atoms in total. The third-order valence-electron chi connectivity index (χ3n) is 4.05. The van der Waals surface area contributed by atoms with E-state index in [1.807, 2.05) is 19.1 Å². The highest BCUT2D eigenvalue weighted by Crippen LogP contribution is 2.38. The largest absolute Gasteiger partial charge is 0.365 e. The summed E-state index contributed by atoms with van der Waals surface area (Å²) in [6.07, 6.45) is 0.937. The molecule has 124 valence electrons. The molecule has 0 aliphatic carbocycles. The van der Waals surface area contributed by atoms with E-state index in [2.05, 4.69) is 21.0 Å². The van der Waals surface area contributed by atoms with Crippen molar-refractivity contribution in [3.05, 3.63) is 69.2 Å². The summed E-state index contributed by atoms with van der Waals surface area (Å²) in [4.78, 5) is 13.0. The van der Waals surface area contributed by atoms with E-state index >= 15 is 0 Å². The molecule has 1 N–H and O–H groups in total. The summed E-state index contributed by atoms with van der Waals surface area (Å²) in [5.74, 6) is -0.422. The van der Waals surface area contributed by atoms with Crippen LogP contribution >= 0.6 is 27.5 Å². The first-order chi connectivity index (χ1) is 11.5. The van der Waals surface area contributed by atoms with Crippen LogP contribution in [0.5, 0.6) is 0 Å². The van der Waals surface area contributed by atoms with E-state index < -0.39 is 11.6 Å². The average molecular weight is 408 g/mol. The molecule has 0 bridgehead atoms. The molecule has 0 saturated heterocycles. The van der Waals surface area contributed by atoms with Gasteiger partial charge in [-0.15, -0.1) is 0 Å². The van der Waals surface area contributed by atoms with Crippen LogP contribution in [0.3, 0.4) is 0 Å². The molecular weight excluding hydrogens is 392 g/mol. The van der Waals surface area contributed by atoms with Gasteiger partial charge in [0.2, 0.25) is 0 Å². The second-order valence-electron chi connectivity index (χ2n) is 5.62. The maximum atomic E-state index is 13.0. The van der Waals surface area contributed by atoms with Crippen molar-refractivity contribution in [2.75, 3.05) is 0 Å². The average Bonchev–Trinajstić information content (AvgIpc) is 2.93. The van der Waals surface area contributed by atoms with Gasteiger partial charge in [0.15, 0.2) is 5.72 Å². The fourth-order valence-electron chi connectivity index (χ4n) is 2.72. The summed E-state index contributed by atoms with van der Waals surface area (Å²) >= 11 is 9.52. The zero-order valence-corrected chi connectivity index (χ0v) is 15.4. The van der Waals surface area contributed by atoms with E-state index in [4.69, 9.17) is 11.6 Å². The van der Waals surface area contributed by atoms with Crippen LogP contribution in [0.2, 0.25) is 5.02 Å². The number of rotatable bonds is 3. The van der Waals surface area contributed by atoms with Gasteiger partial charge in [-0.2, -0.15) is 10.1 Å². The SMILES string of the molecule is CCC1=NN(C(=O)c2ccccc2Cl)[C@](O)(c2ccc(Br)cc2)C1. The molecule has 1 amide bonds. The number of nitrogens with zero attached hydrogens (tertiary/aromatic N) is 2. The summed E-state index contributed by atoms with van der Waals surface area (Å²) in [6, 6.07) is 14.0. The molecule has 1 aliphatic rings. The normalized spacial score (nSPS) is 20.2. The number of benzene rings is 2. The highest BCUT2D eigenvalue weighted by atomic mass is 79.9. The first-order valence-electron chi connectivity index (χ1n) is 7.59. The van der Waals surface area contributed by atoms with Crippen LogP contribution in [0, 0.1) is 0 Å². The number of hydrogen-bond donors (Lipinski definition) is 1. The number of aliphatic hydroxyl groups is 1. The van der Waals surface area contributed by atoms with Crippen molar-refractivity contribution < 1.29 is 9.90 Å². The minimum Gasteiger partial charge on any atom is -0.365 e. The summed E-state index contributed by atoms with van der Waals surface area (Å²) in [5.41, 5.74) is 0.178. The van der Waals surface area contributed by atoms with Crippen molar-refractivity contribution in [1.82, 2.24) is 5.01 Å². The minimum atomic E-state index is -1.51. The van der Waals surface area contributed by atoms with Crippen LogP contribution in [0.4, 0.5) is 0 Å². The van der Waals surface area contributed by atoms with Crippen LogP contribution in [0.25, 0.3) is 0 Å². The standard InChI is InChI=1S/C18H16BrClN2O2/c1-2-14-11-18(24,12-7-9-13(19)10-8-12)22(21-14)17(23)15-5-3-4-6-16(15)20/h3-10,24H,2,11H2,1H3/t18-/m1/s1. The third-order valence-corrected chi connectivity index (χ3v) is 4.91. The Kier molecular flexibility index (Phi) is 4.76. The molecule has 2 aromatic rings. The Hall–Kier alpha value is -1.69. The fraction of sp³-hybridized carbons (Fsp3) is 0.222. The van der Waals surface area contributed by atoms with E-state index in [0.717, 1.165) is 15.2 Å². The predicted octanol–water partition coefficient (Wildman–Crippen LogP) is 4.56. The molecular formula is C18H16BrClN2O2. The second-order valence-corrected chi connectivity index (χ2v) is 6.94. The lowest BCUT2D eigenvalue weighted by Crippen LogP contribution is -2.43. The Morgan fingerprint density at radius 2 is 1.96 bits per heavy atom. The summed E-state index contributed by atoms with van der Waals surface area (Å²) in [5, 5.41) is 17.1. The van der Waals surface area contributed by atoms with Crippen molar-refractivity contribution >= 4 is 39.1 Å². The van der Waals surface area contributed by atoms with Gasteiger partial charge < -0.3 is 5.11 Å². The van der Waals surface area contributed by atoms with Gasteiger partial charge in [-0.25, -0.2) is 0 Å². The van der Waals surface area contributed by atoms with E-state index in [9.17, 15) is 9.90 Å². The smallest absolute Gasteiger partial charge is 0.278 e. The van der Waals surface area contributed by atoms with Gasteiger partial charge in [0.05, 0.1) is 10.6 Å². The van der Waals surface area contributed by atoms with Crippen molar-refractivity contribution in [2.24, 2.45) is 5.10 Å². The lowest BCUT2D eigenvalue weighted by molar-refractivity contribution is -0.0765. The zero-order chi connectivity index (χ0) is 17.3. The Bertz CT molecular complexity index is 807. The molecule has 3 rings (SSSR count). The first kappa shape index (κ1) is 17.1. The minimum absolute atomic E-state index is 0.279. The molecule has 1 aliphatic heterocycles. The Balaban J connectivity index is 2.05. The van der Waals surface area contributed by atoms with Gasteiger partial charge in [0, 0.05) is 22.2 Å². The second kappa shape index (κ2) is 6.67. The maximum Gasteiger partial charge on any atom is 0.278 e. The molecule has 24 heavy (non-hydrogen) atoms. The van der Waals surface area contributed by atoms with Crippen LogP contribution in [0.1, 0.15) is 35.7 Å². The monoisotopic (exact) mass is 406 g/mol. The van der Waals surface area contributed by atoms with Gasteiger partial charge in [0.1, 0.15) is 0 Å². The van der Waals surface area contributed by atoms with Gasteiger partial charge in [0.25, 0.3) is 5.91 Å². The molecule has 0 saturated carbocycles. The zero-order valence-electron chi connectivity index (χ0n) is 13.0. The highest BCUT2D eigenvalue weighted by Gasteiger charge is 2.46. The Labute approximate surface area is 153 Å². The Morgan fingerprint density at radius 1 is 1.29 bits per heavy atom. The molecule has 1 heterocycles. The van der Waals surface area contributed by atoms with E-state index in [-0.39, 0.29) is 6.42 Å². The number of amides is 1. The van der Waals surface area contributed by atoms with E-state index in [0.29, 0.717) is 22.6 Å². The Morgan fingerprint density at radius 3 is 2.58 bits per heavy atom. The summed E-state index contributed by atoms with van der Waals surface area (Å²) < 4.78 is 0.897. The van der Waals surface area contributed by atoms with Gasteiger partial charge in [-0.1, -0.05) is 58.7 Å². The van der Waals surface area contributed by atoms with Crippen LogP contribution in [-0.4, -0.2) is 21.7 Å². The van der Waals surface area contributed by atoms with Gasteiger partial charge in [-0.3, -0.25) is 4.79 Å². The number of carbonyl (C=O) groups excluding carboxylic acids is 1. The lowest BCUT2D eigenvalue weighted by atomic mass is 9.96. The third kappa shape index (κ3) is 2.99. The van der Waals surface area contributed by atoms with Gasteiger partial charge >= 0.3 is 0 Å². The fourth-order valence-corrected chi connectivity index (χ4v) is 3.20. The highest BCUT2D eigenvalue weighted by molar-refractivity contribution is 9.10. The molecule has 2 aromatic carbocycles. The number of carbonyl (C=O) groups is 1. The molecule has 0 radical (unpaired) electrons. The molecule has 1 atom stereocenters. The van der Waals surface area contributed by atoms with Gasteiger partial charge in [-0.05, 0) is 30.7 Å². The maximum absolute atomic E-state index is 13.0. The molecule has 0 aromatic heterocycles. The molecule has 0 fully saturated rings. The van der Waals surface area contributed by atoms with Crippen molar-refractivity contribution in [2.45, 2.75) is 25.5 Å². The van der Waals surface area contributed by atoms with Crippen LogP contribution < -0.4 is 0 Å². The van der Waals surface area contributed by atoms with Crippen molar-refractivity contribution in [1.29, 1.82) is 0 Å². The number of hydrogen-bond acceptors (Lipinski definition) is 3. The lowest BCUT2D eigenvalue weighted by Gasteiger charge is -2.31. The summed E-state index contributed by atoms with van der Waals surface area (Å²) in [7, 11) is 0.